The molecule has 1 N–H and O–H groups in total. The van der Waals surface area contributed by atoms with Gasteiger partial charge in [0, 0.05) is 43.8 Å². The van der Waals surface area contributed by atoms with E-state index in [0.717, 1.165) is 44.5 Å². The van der Waals surface area contributed by atoms with E-state index in [1.165, 1.54) is 0 Å². The lowest BCUT2D eigenvalue weighted by Crippen LogP contribution is -2.15. The van der Waals surface area contributed by atoms with Crippen molar-refractivity contribution in [1.29, 1.82) is 0 Å². The van der Waals surface area contributed by atoms with Gasteiger partial charge >= 0.3 is 0 Å². The van der Waals surface area contributed by atoms with Gasteiger partial charge in [-0.15, -0.1) is 0 Å². The Kier molecular flexibility index (Phi) is 4.75. The molecule has 6 heteroatoms. The van der Waals surface area contributed by atoms with Crippen LogP contribution in [0.2, 0.25) is 0 Å². The van der Waals surface area contributed by atoms with Crippen LogP contribution in [0.1, 0.15) is 6.42 Å². The van der Waals surface area contributed by atoms with Crippen LogP contribution in [-0.2, 0) is 11.3 Å². The van der Waals surface area contributed by atoms with Crippen molar-refractivity contribution in [2.75, 3.05) is 24.3 Å². The van der Waals surface area contributed by atoms with Gasteiger partial charge in [0.05, 0.1) is 16.6 Å². The number of hydrogen-bond acceptors (Lipinski definition) is 4. The summed E-state index contributed by atoms with van der Waals surface area (Å²) in [6, 6.07) is 23.8. The predicted octanol–water partition coefficient (Wildman–Crippen LogP) is 4.83. The normalized spacial score (nSPS) is 11.3. The molecule has 0 bridgehead atoms. The maximum Gasteiger partial charge on any atom is 0.226 e. The zero-order valence-corrected chi connectivity index (χ0v) is 17.5. The summed E-state index contributed by atoms with van der Waals surface area (Å²) in [7, 11) is 3.96. The van der Waals surface area contributed by atoms with Gasteiger partial charge < -0.3 is 14.8 Å². The number of nitrogens with one attached hydrogen (secondary N) is 1. The second kappa shape index (κ2) is 7.72. The van der Waals surface area contributed by atoms with Gasteiger partial charge in [-0.1, -0.05) is 36.4 Å². The number of aryl methyl sites for hydroxylation is 1. The minimum absolute atomic E-state index is 0.0319. The third kappa shape index (κ3) is 3.57. The van der Waals surface area contributed by atoms with Crippen molar-refractivity contribution in [3.05, 3.63) is 72.8 Å². The van der Waals surface area contributed by atoms with Gasteiger partial charge in [0.2, 0.25) is 5.91 Å². The molecule has 0 radical (unpaired) electrons. The molecule has 0 aliphatic rings. The average Bonchev–Trinajstić information content (AvgIpc) is 3.09. The van der Waals surface area contributed by atoms with Crippen LogP contribution >= 0.6 is 0 Å². The molecule has 2 heterocycles. The second-order valence-corrected chi connectivity index (χ2v) is 7.80. The minimum Gasteiger partial charge on any atom is -0.378 e. The fourth-order valence-electron chi connectivity index (χ4n) is 3.91. The fraction of sp³-hybridized carbons (Fsp3) is 0.160. The Morgan fingerprint density at radius 1 is 0.935 bits per heavy atom. The van der Waals surface area contributed by atoms with Gasteiger partial charge in [0.15, 0.2) is 5.65 Å². The Labute approximate surface area is 180 Å². The van der Waals surface area contributed by atoms with Gasteiger partial charge in [-0.3, -0.25) is 4.79 Å². The SMILES string of the molecule is CN(C)c1cccc(NC(=O)CCn2c3ccccc3c3nc4ccccc4nc32)c1. The Hall–Kier alpha value is -3.93. The van der Waals surface area contributed by atoms with Crippen molar-refractivity contribution in [2.24, 2.45) is 0 Å². The van der Waals surface area contributed by atoms with E-state index in [1.807, 2.05) is 79.7 Å². The topological polar surface area (TPSA) is 63.1 Å². The van der Waals surface area contributed by atoms with Crippen LogP contribution in [0, 0.1) is 0 Å². The number of hydrogen-bond donors (Lipinski definition) is 1. The Morgan fingerprint density at radius 2 is 1.68 bits per heavy atom. The highest BCUT2D eigenvalue weighted by atomic mass is 16.1. The lowest BCUT2D eigenvalue weighted by molar-refractivity contribution is -0.116. The molecule has 2 aromatic heterocycles. The maximum atomic E-state index is 12.7. The quantitative estimate of drug-likeness (QED) is 0.451. The fourth-order valence-corrected chi connectivity index (χ4v) is 3.91. The monoisotopic (exact) mass is 409 g/mol. The molecule has 31 heavy (non-hydrogen) atoms. The molecule has 0 aliphatic carbocycles. The molecule has 0 aliphatic heterocycles. The first-order chi connectivity index (χ1) is 15.1. The summed E-state index contributed by atoms with van der Waals surface area (Å²) in [4.78, 5) is 24.4. The summed E-state index contributed by atoms with van der Waals surface area (Å²) in [5, 5.41) is 4.06. The Morgan fingerprint density at radius 3 is 2.48 bits per heavy atom. The highest BCUT2D eigenvalue weighted by Gasteiger charge is 2.15. The summed E-state index contributed by atoms with van der Waals surface area (Å²) < 4.78 is 2.10. The van der Waals surface area contributed by atoms with E-state index >= 15 is 0 Å². The average molecular weight is 409 g/mol. The van der Waals surface area contributed by atoms with E-state index in [4.69, 9.17) is 9.97 Å². The number of anilines is 2. The number of para-hydroxylation sites is 3. The number of rotatable bonds is 5. The molecule has 3 aromatic carbocycles. The predicted molar refractivity (Wildman–Crippen MR) is 127 cm³/mol. The summed E-state index contributed by atoms with van der Waals surface area (Å²) in [6.07, 6.45) is 0.342. The lowest BCUT2D eigenvalue weighted by atomic mass is 10.2. The zero-order chi connectivity index (χ0) is 21.4. The van der Waals surface area contributed by atoms with E-state index in [2.05, 4.69) is 22.0 Å². The van der Waals surface area contributed by atoms with E-state index < -0.39 is 0 Å². The van der Waals surface area contributed by atoms with Gasteiger partial charge in [-0.05, 0) is 36.4 Å². The van der Waals surface area contributed by atoms with Crippen LogP contribution in [0.5, 0.6) is 0 Å². The molecule has 1 amide bonds. The number of fused-ring (bicyclic) bond motifs is 4. The second-order valence-electron chi connectivity index (χ2n) is 7.80. The minimum atomic E-state index is -0.0319. The van der Waals surface area contributed by atoms with Gasteiger partial charge in [0.1, 0.15) is 5.52 Å². The van der Waals surface area contributed by atoms with Crippen molar-refractivity contribution in [1.82, 2.24) is 14.5 Å². The first kappa shape index (κ1) is 19.1. The summed E-state index contributed by atoms with van der Waals surface area (Å²) in [5.41, 5.74) is 6.28. The highest BCUT2D eigenvalue weighted by molar-refractivity contribution is 6.06. The molecule has 0 unspecified atom stereocenters. The van der Waals surface area contributed by atoms with Crippen molar-refractivity contribution in [2.45, 2.75) is 13.0 Å². The van der Waals surface area contributed by atoms with Crippen LogP contribution in [-0.4, -0.2) is 34.5 Å². The van der Waals surface area contributed by atoms with Crippen LogP contribution in [0.25, 0.3) is 33.1 Å². The van der Waals surface area contributed by atoms with Crippen molar-refractivity contribution >= 4 is 50.4 Å². The molecule has 0 fully saturated rings. The standard InChI is InChI=1S/C25H23N5O/c1-29(2)18-9-7-8-17(16-18)26-23(31)14-15-30-22-13-6-3-10-19(22)24-25(30)28-21-12-5-4-11-20(21)27-24/h3-13,16H,14-15H2,1-2H3,(H,26,31). The summed E-state index contributed by atoms with van der Waals surface area (Å²) in [5.74, 6) is -0.0319. The van der Waals surface area contributed by atoms with E-state index in [-0.39, 0.29) is 5.91 Å². The van der Waals surface area contributed by atoms with Crippen LogP contribution < -0.4 is 10.2 Å². The third-order valence-corrected chi connectivity index (χ3v) is 5.47. The number of aromatic nitrogens is 3. The van der Waals surface area contributed by atoms with Gasteiger partial charge in [-0.2, -0.15) is 0 Å². The van der Waals surface area contributed by atoms with E-state index in [9.17, 15) is 4.79 Å². The molecule has 5 aromatic rings. The molecular weight excluding hydrogens is 386 g/mol. The summed E-state index contributed by atoms with van der Waals surface area (Å²) >= 11 is 0. The lowest BCUT2D eigenvalue weighted by Gasteiger charge is -2.14. The van der Waals surface area contributed by atoms with E-state index in [0.29, 0.717) is 13.0 Å². The molecule has 0 saturated heterocycles. The number of carbonyl (C=O) groups is 1. The first-order valence-corrected chi connectivity index (χ1v) is 10.3. The molecule has 6 nitrogen and oxygen atoms in total. The largest absolute Gasteiger partial charge is 0.378 e. The highest BCUT2D eigenvalue weighted by Crippen LogP contribution is 2.28. The Balaban J connectivity index is 1.46. The molecule has 5 rings (SSSR count). The number of carbonyl (C=O) groups excluding carboxylic acids is 1. The zero-order valence-electron chi connectivity index (χ0n) is 17.5. The van der Waals surface area contributed by atoms with Crippen molar-refractivity contribution < 1.29 is 4.79 Å². The smallest absolute Gasteiger partial charge is 0.226 e. The third-order valence-electron chi connectivity index (χ3n) is 5.47. The van der Waals surface area contributed by atoms with Gasteiger partial charge in [-0.25, -0.2) is 9.97 Å². The molecular formula is C25H23N5O. The molecule has 0 atom stereocenters. The van der Waals surface area contributed by atoms with Gasteiger partial charge in [0.25, 0.3) is 0 Å². The van der Waals surface area contributed by atoms with Crippen molar-refractivity contribution in [3.8, 4) is 0 Å². The van der Waals surface area contributed by atoms with Crippen LogP contribution in [0.4, 0.5) is 11.4 Å². The number of nitrogens with zero attached hydrogens (tertiary/aromatic N) is 4. The summed E-state index contributed by atoms with van der Waals surface area (Å²) in [6.45, 7) is 0.524. The molecule has 154 valence electrons. The maximum absolute atomic E-state index is 12.7. The first-order valence-electron chi connectivity index (χ1n) is 10.3. The molecule has 0 spiro atoms. The number of benzene rings is 3. The molecule has 0 saturated carbocycles. The van der Waals surface area contributed by atoms with E-state index in [1.54, 1.807) is 0 Å². The van der Waals surface area contributed by atoms with Crippen LogP contribution in [0.15, 0.2) is 72.8 Å². The van der Waals surface area contributed by atoms with Crippen LogP contribution in [0.3, 0.4) is 0 Å². The number of amides is 1. The van der Waals surface area contributed by atoms with Crippen molar-refractivity contribution in [3.63, 3.8) is 0 Å². The Bertz CT molecular complexity index is 1420.